The highest BCUT2D eigenvalue weighted by atomic mass is 16.3. The van der Waals surface area contributed by atoms with Crippen LogP contribution in [0.2, 0.25) is 0 Å². The Morgan fingerprint density at radius 3 is 1.96 bits per heavy atom. The summed E-state index contributed by atoms with van der Waals surface area (Å²) < 4.78 is 0. The van der Waals surface area contributed by atoms with E-state index in [4.69, 9.17) is 0 Å². The summed E-state index contributed by atoms with van der Waals surface area (Å²) >= 11 is 0. The molecule has 0 spiro atoms. The predicted octanol–water partition coefficient (Wildman–Crippen LogP) is 4.56. The number of carbonyl (C=O) groups excluding carboxylic acids is 2. The molecule has 4 rings (SSSR count). The van der Waals surface area contributed by atoms with Crippen molar-refractivity contribution >= 4 is 34.5 Å². The minimum Gasteiger partial charge on any atom is -0.506 e. The molecule has 3 aromatic rings. The molecule has 0 radical (unpaired) electrons. The molecule has 0 unspecified atom stereocenters. The Hall–Kier alpha value is -3.99. The number of aliphatic hydroxyl groups excluding tert-OH is 1. The molecular weight excluding hydrogens is 352 g/mol. The van der Waals surface area contributed by atoms with Crippen molar-refractivity contribution in [2.24, 2.45) is 4.99 Å². The van der Waals surface area contributed by atoms with Crippen molar-refractivity contribution in [2.75, 3.05) is 5.32 Å². The van der Waals surface area contributed by atoms with Gasteiger partial charge in [0.25, 0.3) is 0 Å². The molecule has 1 aliphatic rings. The van der Waals surface area contributed by atoms with Crippen LogP contribution >= 0.6 is 0 Å². The first-order valence-corrected chi connectivity index (χ1v) is 8.73. The van der Waals surface area contributed by atoms with Crippen molar-refractivity contribution in [1.82, 2.24) is 0 Å². The fourth-order valence-corrected chi connectivity index (χ4v) is 3.02. The summed E-state index contributed by atoms with van der Waals surface area (Å²) in [6.45, 7) is 0. The number of para-hydroxylation sites is 2. The Morgan fingerprint density at radius 2 is 1.29 bits per heavy atom. The van der Waals surface area contributed by atoms with Gasteiger partial charge in [0.15, 0.2) is 0 Å². The number of ketones is 2. The standard InChI is InChI=1S/C23H16N2O3/c26-20-17-13-7-8-14-18(17)21(27)22(28)19(20)23(24-15-9-3-1-4-10-15)25-16-11-5-2-6-12-16/h1-14,26H,(H,24,25). The van der Waals surface area contributed by atoms with Crippen molar-refractivity contribution in [3.8, 4) is 0 Å². The molecule has 0 heterocycles. The molecule has 0 atom stereocenters. The Bertz CT molecular complexity index is 1120. The monoisotopic (exact) mass is 368 g/mol. The van der Waals surface area contributed by atoms with Crippen molar-refractivity contribution in [3.63, 3.8) is 0 Å². The molecule has 2 N–H and O–H groups in total. The second-order valence-electron chi connectivity index (χ2n) is 6.21. The van der Waals surface area contributed by atoms with Gasteiger partial charge in [-0.3, -0.25) is 9.59 Å². The average Bonchev–Trinajstić information content (AvgIpc) is 2.74. The van der Waals surface area contributed by atoms with Crippen LogP contribution in [0.15, 0.2) is 95.5 Å². The number of aliphatic hydroxyl groups is 1. The van der Waals surface area contributed by atoms with Crippen molar-refractivity contribution in [1.29, 1.82) is 0 Å². The van der Waals surface area contributed by atoms with Gasteiger partial charge in [0.05, 0.1) is 5.69 Å². The number of benzene rings is 3. The molecule has 0 aliphatic heterocycles. The zero-order valence-corrected chi connectivity index (χ0v) is 14.8. The van der Waals surface area contributed by atoms with E-state index in [-0.39, 0.29) is 22.7 Å². The van der Waals surface area contributed by atoms with Gasteiger partial charge in [0, 0.05) is 16.8 Å². The molecule has 3 aromatic carbocycles. The number of anilines is 1. The van der Waals surface area contributed by atoms with Gasteiger partial charge in [0.1, 0.15) is 17.2 Å². The molecule has 0 saturated heterocycles. The molecule has 136 valence electrons. The SMILES string of the molecule is O=C1C(=O)c2ccccc2C(O)=C1C(=Nc1ccccc1)Nc1ccccc1. The van der Waals surface area contributed by atoms with Gasteiger partial charge in [-0.2, -0.15) is 0 Å². The summed E-state index contributed by atoms with van der Waals surface area (Å²) in [6.07, 6.45) is 0. The number of hydrogen-bond acceptors (Lipinski definition) is 4. The van der Waals surface area contributed by atoms with Gasteiger partial charge >= 0.3 is 0 Å². The van der Waals surface area contributed by atoms with Crippen LogP contribution in [0, 0.1) is 0 Å². The maximum Gasteiger partial charge on any atom is 0.241 e. The van der Waals surface area contributed by atoms with Crippen LogP contribution in [-0.4, -0.2) is 22.5 Å². The third-order valence-corrected chi connectivity index (χ3v) is 4.37. The lowest BCUT2D eigenvalue weighted by Gasteiger charge is -2.20. The van der Waals surface area contributed by atoms with Gasteiger partial charge in [0.2, 0.25) is 11.6 Å². The Kier molecular flexibility index (Phi) is 4.56. The van der Waals surface area contributed by atoms with E-state index in [1.54, 1.807) is 42.5 Å². The number of aliphatic imine (C=N–C) groups is 1. The quantitative estimate of drug-likeness (QED) is 0.403. The maximum atomic E-state index is 12.8. The zero-order chi connectivity index (χ0) is 19.5. The molecule has 5 nitrogen and oxygen atoms in total. The highest BCUT2D eigenvalue weighted by Crippen LogP contribution is 2.29. The van der Waals surface area contributed by atoms with E-state index in [2.05, 4.69) is 10.3 Å². The number of Topliss-reactive ketones (excluding diaryl/α,β-unsaturated/α-hetero) is 2. The third kappa shape index (κ3) is 3.21. The molecule has 0 fully saturated rings. The number of carbonyl (C=O) groups is 2. The number of fused-ring (bicyclic) bond motifs is 1. The minimum absolute atomic E-state index is 0.114. The molecule has 0 bridgehead atoms. The molecular formula is C23H16N2O3. The van der Waals surface area contributed by atoms with Gasteiger partial charge in [-0.15, -0.1) is 0 Å². The van der Waals surface area contributed by atoms with Gasteiger partial charge < -0.3 is 10.4 Å². The first-order valence-electron chi connectivity index (χ1n) is 8.73. The minimum atomic E-state index is -0.797. The molecule has 1 aliphatic carbocycles. The first kappa shape index (κ1) is 17.4. The van der Waals surface area contributed by atoms with Crippen LogP contribution in [0.25, 0.3) is 5.76 Å². The number of amidine groups is 1. The second-order valence-corrected chi connectivity index (χ2v) is 6.21. The fraction of sp³-hybridized carbons (Fsp3) is 0. The van der Waals surface area contributed by atoms with Crippen molar-refractivity contribution in [2.45, 2.75) is 0 Å². The lowest BCUT2D eigenvalue weighted by Crippen LogP contribution is -2.31. The highest BCUT2D eigenvalue weighted by molar-refractivity contribution is 6.58. The number of rotatable bonds is 3. The van der Waals surface area contributed by atoms with Crippen LogP contribution in [-0.2, 0) is 4.79 Å². The fourth-order valence-electron chi connectivity index (χ4n) is 3.02. The molecule has 5 heteroatoms. The van der Waals surface area contributed by atoms with Crippen LogP contribution in [0.5, 0.6) is 0 Å². The normalized spacial score (nSPS) is 14.1. The molecule has 28 heavy (non-hydrogen) atoms. The largest absolute Gasteiger partial charge is 0.506 e. The molecule has 0 aromatic heterocycles. The summed E-state index contributed by atoms with van der Waals surface area (Å²) in [5, 5.41) is 13.9. The number of nitrogens with one attached hydrogen (secondary N) is 1. The number of nitrogens with zero attached hydrogens (tertiary/aromatic N) is 1. The van der Waals surface area contributed by atoms with E-state index in [0.29, 0.717) is 16.9 Å². The summed E-state index contributed by atoms with van der Waals surface area (Å²) in [5.41, 5.74) is 1.62. The van der Waals surface area contributed by atoms with Crippen LogP contribution in [0.3, 0.4) is 0 Å². The van der Waals surface area contributed by atoms with Crippen LogP contribution < -0.4 is 5.32 Å². The third-order valence-electron chi connectivity index (χ3n) is 4.37. The zero-order valence-electron chi connectivity index (χ0n) is 14.8. The van der Waals surface area contributed by atoms with E-state index in [9.17, 15) is 14.7 Å². The van der Waals surface area contributed by atoms with Crippen molar-refractivity contribution < 1.29 is 14.7 Å². The Balaban J connectivity index is 1.90. The van der Waals surface area contributed by atoms with E-state index < -0.39 is 11.6 Å². The first-order chi connectivity index (χ1) is 13.6. The maximum absolute atomic E-state index is 12.8. The van der Waals surface area contributed by atoms with E-state index in [0.717, 1.165) is 0 Å². The predicted molar refractivity (Wildman–Crippen MR) is 109 cm³/mol. The van der Waals surface area contributed by atoms with E-state index >= 15 is 0 Å². The lowest BCUT2D eigenvalue weighted by atomic mass is 9.88. The average molecular weight is 368 g/mol. The highest BCUT2D eigenvalue weighted by Gasteiger charge is 2.35. The summed E-state index contributed by atoms with van der Waals surface area (Å²) in [4.78, 5) is 29.9. The molecule has 0 saturated carbocycles. The van der Waals surface area contributed by atoms with Crippen molar-refractivity contribution in [3.05, 3.63) is 102 Å². The van der Waals surface area contributed by atoms with E-state index in [1.807, 2.05) is 36.4 Å². The summed E-state index contributed by atoms with van der Waals surface area (Å²) in [7, 11) is 0. The van der Waals surface area contributed by atoms with Crippen LogP contribution in [0.4, 0.5) is 11.4 Å². The summed E-state index contributed by atoms with van der Waals surface area (Å²) in [5.74, 6) is -1.62. The van der Waals surface area contributed by atoms with Gasteiger partial charge in [-0.05, 0) is 24.3 Å². The Labute approximate surface area is 161 Å². The van der Waals surface area contributed by atoms with E-state index in [1.165, 1.54) is 6.07 Å². The smallest absolute Gasteiger partial charge is 0.241 e. The number of hydrogen-bond donors (Lipinski definition) is 2. The van der Waals surface area contributed by atoms with Gasteiger partial charge in [-0.1, -0.05) is 60.7 Å². The molecule has 0 amide bonds. The lowest BCUT2D eigenvalue weighted by molar-refractivity contribution is -0.111. The second kappa shape index (κ2) is 7.32. The van der Waals surface area contributed by atoms with Gasteiger partial charge in [-0.25, -0.2) is 4.99 Å². The Morgan fingerprint density at radius 1 is 0.714 bits per heavy atom. The van der Waals surface area contributed by atoms with Crippen LogP contribution in [0.1, 0.15) is 15.9 Å². The summed E-state index contributed by atoms with van der Waals surface area (Å²) in [6, 6.07) is 24.7. The topological polar surface area (TPSA) is 78.8 Å².